The predicted molar refractivity (Wildman–Crippen MR) is 158 cm³/mol. The van der Waals surface area contributed by atoms with E-state index in [4.69, 9.17) is 21.7 Å². The molecule has 0 saturated carbocycles. The lowest BCUT2D eigenvalue weighted by molar-refractivity contribution is -0.138. The number of halogens is 3. The van der Waals surface area contributed by atoms with Gasteiger partial charge in [-0.25, -0.2) is 8.78 Å². The summed E-state index contributed by atoms with van der Waals surface area (Å²) in [5.41, 5.74) is 3.33. The number of carboxylic acids is 1. The summed E-state index contributed by atoms with van der Waals surface area (Å²) in [7, 11) is 0. The highest BCUT2D eigenvalue weighted by Gasteiger charge is 2.22. The number of anilines is 1. The molecule has 210 valence electrons. The molecule has 2 heterocycles. The first kappa shape index (κ1) is 29.4. The third-order valence-electron chi connectivity index (χ3n) is 7.11. The number of allylic oxidation sites excluding steroid dienone is 3. The van der Waals surface area contributed by atoms with Crippen molar-refractivity contribution in [1.29, 1.82) is 0 Å². The Labute approximate surface area is 238 Å². The van der Waals surface area contributed by atoms with Crippen LogP contribution >= 0.6 is 11.6 Å². The molecule has 1 saturated heterocycles. The number of nitrogens with one attached hydrogen (secondary N) is 1. The van der Waals surface area contributed by atoms with Crippen LogP contribution < -0.4 is 5.32 Å². The summed E-state index contributed by atoms with van der Waals surface area (Å²) in [6.07, 6.45) is 9.33. The molecule has 1 aliphatic rings. The average Bonchev–Trinajstić information content (AvgIpc) is 2.93. The van der Waals surface area contributed by atoms with Crippen molar-refractivity contribution in [3.63, 3.8) is 0 Å². The van der Waals surface area contributed by atoms with Crippen molar-refractivity contribution in [1.82, 2.24) is 9.88 Å². The van der Waals surface area contributed by atoms with E-state index in [1.165, 1.54) is 18.3 Å². The molecule has 0 bridgehead atoms. The van der Waals surface area contributed by atoms with E-state index >= 15 is 4.39 Å². The van der Waals surface area contributed by atoms with Gasteiger partial charge in [-0.05, 0) is 57.3 Å². The quantitative estimate of drug-likeness (QED) is 0.198. The number of piperidine rings is 1. The molecule has 1 aliphatic heterocycles. The standard InChI is InChI=1S/C31H33ClF2N4O2/c1-3-4-7-22(16-35-20(2)21-10-12-38(13-11-21)19-30(39)40)24-14-25-29(15-28(24)34)36-18-26(32)31(25)37-17-23-8-5-6-9-27(23)33/h4-9,14-16,18,21H,3,10-13,17,19H2,1-2H3,(H,36,37)(H,39,40)/b7-4+,22-16+,35-20?. The largest absolute Gasteiger partial charge is 0.480 e. The second-order valence-corrected chi connectivity index (χ2v) is 10.3. The SMILES string of the molecule is CC/C=C/C(=C\N=C(C)C1CCN(CC(=O)O)CC1)c1cc2c(NCc3ccccc3F)c(Cl)cnc2cc1F. The second kappa shape index (κ2) is 13.6. The van der Waals surface area contributed by atoms with E-state index in [1.54, 1.807) is 30.5 Å². The second-order valence-electron chi connectivity index (χ2n) is 9.89. The number of hydrogen-bond acceptors (Lipinski definition) is 5. The molecule has 6 nitrogen and oxygen atoms in total. The molecule has 3 aromatic rings. The molecule has 0 atom stereocenters. The molecule has 0 aliphatic carbocycles. The summed E-state index contributed by atoms with van der Waals surface area (Å²) in [5.74, 6) is -1.36. The zero-order chi connectivity index (χ0) is 28.6. The van der Waals surface area contributed by atoms with Crippen LogP contribution in [0.2, 0.25) is 5.02 Å². The fourth-order valence-corrected chi connectivity index (χ4v) is 5.06. The van der Waals surface area contributed by atoms with Gasteiger partial charge in [-0.3, -0.25) is 19.7 Å². The Kier molecular flexibility index (Phi) is 10.0. The molecular formula is C31H33ClF2N4O2. The number of benzene rings is 2. The van der Waals surface area contributed by atoms with Crippen molar-refractivity contribution < 1.29 is 18.7 Å². The van der Waals surface area contributed by atoms with Gasteiger partial charge in [-0.1, -0.05) is 48.9 Å². The van der Waals surface area contributed by atoms with Gasteiger partial charge in [0.15, 0.2) is 0 Å². The predicted octanol–water partition coefficient (Wildman–Crippen LogP) is 7.34. The number of aliphatic imine (C=N–C) groups is 1. The van der Waals surface area contributed by atoms with Gasteiger partial charge in [0.25, 0.3) is 0 Å². The van der Waals surface area contributed by atoms with E-state index < -0.39 is 11.8 Å². The number of fused-ring (bicyclic) bond motifs is 1. The monoisotopic (exact) mass is 566 g/mol. The van der Waals surface area contributed by atoms with Crippen LogP contribution in [0, 0.1) is 17.6 Å². The van der Waals surface area contributed by atoms with Crippen molar-refractivity contribution in [2.75, 3.05) is 25.0 Å². The minimum atomic E-state index is -0.821. The van der Waals surface area contributed by atoms with Crippen molar-refractivity contribution in [3.05, 3.63) is 88.7 Å². The zero-order valence-electron chi connectivity index (χ0n) is 22.6. The lowest BCUT2D eigenvalue weighted by Crippen LogP contribution is -2.38. The van der Waals surface area contributed by atoms with Crippen molar-refractivity contribution in [2.24, 2.45) is 10.9 Å². The van der Waals surface area contributed by atoms with Crippen LogP contribution in [0.4, 0.5) is 14.5 Å². The minimum absolute atomic E-state index is 0.0476. The fourth-order valence-electron chi connectivity index (χ4n) is 4.84. The number of hydrogen-bond donors (Lipinski definition) is 2. The highest BCUT2D eigenvalue weighted by molar-refractivity contribution is 6.34. The molecule has 1 aromatic heterocycles. The molecular weight excluding hydrogens is 534 g/mol. The van der Waals surface area contributed by atoms with Gasteiger partial charge in [0.05, 0.1) is 22.8 Å². The lowest BCUT2D eigenvalue weighted by atomic mass is 9.92. The Morgan fingerprint density at radius 1 is 1.23 bits per heavy atom. The summed E-state index contributed by atoms with van der Waals surface area (Å²) < 4.78 is 29.7. The van der Waals surface area contributed by atoms with E-state index in [2.05, 4.69) is 10.3 Å². The highest BCUT2D eigenvalue weighted by Crippen LogP contribution is 2.34. The van der Waals surface area contributed by atoms with Gasteiger partial charge >= 0.3 is 5.97 Å². The van der Waals surface area contributed by atoms with Gasteiger partial charge in [0.1, 0.15) is 11.6 Å². The Morgan fingerprint density at radius 3 is 2.67 bits per heavy atom. The number of aliphatic carboxylic acids is 1. The molecule has 1 fully saturated rings. The lowest BCUT2D eigenvalue weighted by Gasteiger charge is -2.30. The Hall–Kier alpha value is -3.62. The number of rotatable bonds is 10. The van der Waals surface area contributed by atoms with Gasteiger partial charge in [0, 0.05) is 52.8 Å². The topological polar surface area (TPSA) is 77.8 Å². The number of likely N-dealkylation sites (tertiary alicyclic amines) is 1. The van der Waals surface area contributed by atoms with Crippen LogP contribution in [-0.4, -0.2) is 46.3 Å². The first-order chi connectivity index (χ1) is 19.3. The summed E-state index contributed by atoms with van der Waals surface area (Å²) in [5, 5.41) is 13.2. The number of pyridine rings is 1. The van der Waals surface area contributed by atoms with Crippen molar-refractivity contribution in [2.45, 2.75) is 39.7 Å². The maximum Gasteiger partial charge on any atom is 0.317 e. The molecule has 2 aromatic carbocycles. The molecule has 0 unspecified atom stereocenters. The van der Waals surface area contributed by atoms with Crippen molar-refractivity contribution >= 4 is 45.4 Å². The van der Waals surface area contributed by atoms with Crippen LogP contribution in [0.1, 0.15) is 44.2 Å². The summed E-state index contributed by atoms with van der Waals surface area (Å²) in [6, 6.07) is 9.56. The van der Waals surface area contributed by atoms with E-state index in [0.29, 0.717) is 51.4 Å². The smallest absolute Gasteiger partial charge is 0.317 e. The minimum Gasteiger partial charge on any atom is -0.480 e. The first-order valence-corrected chi connectivity index (χ1v) is 13.7. The normalized spacial score (nSPS) is 15.7. The number of carboxylic acid groups (broad SMARTS) is 1. The Morgan fingerprint density at radius 2 is 1.98 bits per heavy atom. The molecule has 9 heteroatoms. The molecule has 0 spiro atoms. The van der Waals surface area contributed by atoms with Crippen LogP contribution in [-0.2, 0) is 11.3 Å². The van der Waals surface area contributed by atoms with E-state index in [0.717, 1.165) is 25.0 Å². The fraction of sp³-hybridized carbons (Fsp3) is 0.323. The van der Waals surface area contributed by atoms with Crippen LogP contribution in [0.5, 0.6) is 0 Å². The molecule has 0 radical (unpaired) electrons. The van der Waals surface area contributed by atoms with Crippen molar-refractivity contribution in [3.8, 4) is 0 Å². The molecule has 4 rings (SSSR count). The van der Waals surface area contributed by atoms with Gasteiger partial charge < -0.3 is 10.4 Å². The average molecular weight is 567 g/mol. The summed E-state index contributed by atoms with van der Waals surface area (Å²) in [4.78, 5) is 22.0. The van der Waals surface area contributed by atoms with Crippen LogP contribution in [0.15, 0.2) is 65.9 Å². The maximum absolute atomic E-state index is 15.4. The Bertz CT molecular complexity index is 1460. The van der Waals surface area contributed by atoms with Gasteiger partial charge in [-0.15, -0.1) is 0 Å². The van der Waals surface area contributed by atoms with Crippen LogP contribution in [0.3, 0.4) is 0 Å². The maximum atomic E-state index is 15.4. The van der Waals surface area contributed by atoms with Crippen LogP contribution in [0.25, 0.3) is 16.5 Å². The van der Waals surface area contributed by atoms with E-state index in [9.17, 15) is 9.18 Å². The number of carbonyl (C=O) groups is 1. The summed E-state index contributed by atoms with van der Waals surface area (Å²) >= 11 is 6.49. The molecule has 40 heavy (non-hydrogen) atoms. The van der Waals surface area contributed by atoms with E-state index in [1.807, 2.05) is 30.9 Å². The number of nitrogens with zero attached hydrogens (tertiary/aromatic N) is 3. The molecule has 0 amide bonds. The zero-order valence-corrected chi connectivity index (χ0v) is 23.4. The highest BCUT2D eigenvalue weighted by atomic mass is 35.5. The number of aromatic nitrogens is 1. The summed E-state index contributed by atoms with van der Waals surface area (Å²) in [6.45, 7) is 5.61. The Balaban J connectivity index is 1.65. The van der Waals surface area contributed by atoms with Gasteiger partial charge in [-0.2, -0.15) is 0 Å². The third kappa shape index (κ3) is 7.31. The molecule has 2 N–H and O–H groups in total. The van der Waals surface area contributed by atoms with Gasteiger partial charge in [0.2, 0.25) is 0 Å². The van der Waals surface area contributed by atoms with E-state index in [-0.39, 0.29) is 24.8 Å². The first-order valence-electron chi connectivity index (χ1n) is 13.4. The third-order valence-corrected chi connectivity index (χ3v) is 7.40.